The average molecular weight is 314 g/mol. The lowest BCUT2D eigenvalue weighted by Crippen LogP contribution is -2.30. The van der Waals surface area contributed by atoms with Crippen LogP contribution < -0.4 is 5.73 Å². The van der Waals surface area contributed by atoms with Crippen molar-refractivity contribution in [2.75, 3.05) is 0 Å². The number of rotatable bonds is 3. The van der Waals surface area contributed by atoms with Crippen molar-refractivity contribution in [3.05, 3.63) is 27.6 Å². The van der Waals surface area contributed by atoms with E-state index in [1.165, 1.54) is 0 Å². The van der Waals surface area contributed by atoms with Gasteiger partial charge >= 0.3 is 0 Å². The molecule has 0 unspecified atom stereocenters. The van der Waals surface area contributed by atoms with Gasteiger partial charge in [0, 0.05) is 0 Å². The molecule has 0 saturated heterocycles. The summed E-state index contributed by atoms with van der Waals surface area (Å²) in [6.07, 6.45) is 0. The molecule has 2 N–H and O–H groups in total. The highest BCUT2D eigenvalue weighted by atomic mass is 79.9. The van der Waals surface area contributed by atoms with E-state index >= 15 is 0 Å². The molecule has 2 aromatic heterocycles. The Labute approximate surface area is 114 Å². The normalized spacial score (nSPS) is 12.1. The molecule has 2 rings (SSSR count). The molecule has 2 heterocycles. The van der Waals surface area contributed by atoms with Crippen molar-refractivity contribution in [3.8, 4) is 0 Å². The van der Waals surface area contributed by atoms with Gasteiger partial charge in [0.1, 0.15) is 6.54 Å². The molecule has 0 aliphatic heterocycles. The van der Waals surface area contributed by atoms with Crippen molar-refractivity contribution in [1.82, 2.24) is 19.9 Å². The minimum Gasteiger partial charge on any atom is -0.337 e. The smallest absolute Gasteiger partial charge is 0.248 e. The third-order valence-electron chi connectivity index (χ3n) is 2.62. The molecule has 0 saturated carbocycles. The summed E-state index contributed by atoms with van der Waals surface area (Å²) in [5.41, 5.74) is 7.27. The fourth-order valence-electron chi connectivity index (χ4n) is 1.54. The average Bonchev–Trinajstić information content (AvgIpc) is 2.81. The molecular formula is C11H16BrN5O. The van der Waals surface area contributed by atoms with E-state index in [9.17, 15) is 0 Å². The van der Waals surface area contributed by atoms with Crippen molar-refractivity contribution >= 4 is 15.9 Å². The highest BCUT2D eigenvalue weighted by molar-refractivity contribution is 9.10. The zero-order valence-corrected chi connectivity index (χ0v) is 12.4. The first-order chi connectivity index (χ1) is 8.29. The Balaban J connectivity index is 2.24. The monoisotopic (exact) mass is 313 g/mol. The number of hydrogen-bond acceptors (Lipinski definition) is 5. The standard InChI is InChI=1S/C11H16BrN5O/c1-6-9(12)7(2)17(15-6)5-8-14-10(16-18-8)11(3,4)13/h5,13H2,1-4H3. The predicted octanol–water partition coefficient (Wildman–Crippen LogP) is 1.89. The van der Waals surface area contributed by atoms with Crippen molar-refractivity contribution in [2.45, 2.75) is 39.8 Å². The van der Waals surface area contributed by atoms with Crippen molar-refractivity contribution in [1.29, 1.82) is 0 Å². The van der Waals surface area contributed by atoms with Crippen LogP contribution >= 0.6 is 15.9 Å². The van der Waals surface area contributed by atoms with Crippen molar-refractivity contribution in [2.24, 2.45) is 5.73 Å². The molecule has 7 heteroatoms. The molecule has 0 amide bonds. The quantitative estimate of drug-likeness (QED) is 0.935. The van der Waals surface area contributed by atoms with E-state index in [0.29, 0.717) is 18.3 Å². The number of aryl methyl sites for hydroxylation is 1. The van der Waals surface area contributed by atoms with Gasteiger partial charge in [-0.25, -0.2) is 0 Å². The summed E-state index contributed by atoms with van der Waals surface area (Å²) >= 11 is 3.48. The molecular weight excluding hydrogens is 298 g/mol. The maximum Gasteiger partial charge on any atom is 0.248 e. The molecule has 0 radical (unpaired) electrons. The molecule has 0 aromatic carbocycles. The Kier molecular flexibility index (Phi) is 3.29. The summed E-state index contributed by atoms with van der Waals surface area (Å²) in [7, 11) is 0. The van der Waals surface area contributed by atoms with E-state index in [1.807, 2.05) is 32.4 Å². The number of halogens is 1. The van der Waals surface area contributed by atoms with Crippen LogP contribution in [-0.4, -0.2) is 19.9 Å². The number of aromatic nitrogens is 4. The van der Waals surface area contributed by atoms with Gasteiger partial charge in [-0.15, -0.1) is 0 Å². The summed E-state index contributed by atoms with van der Waals surface area (Å²) in [6, 6.07) is 0. The summed E-state index contributed by atoms with van der Waals surface area (Å²) in [6.45, 7) is 8.04. The second kappa shape index (κ2) is 4.47. The van der Waals surface area contributed by atoms with Crippen LogP contribution in [0.25, 0.3) is 0 Å². The van der Waals surface area contributed by atoms with Crippen LogP contribution in [0.4, 0.5) is 0 Å². The maximum atomic E-state index is 5.91. The predicted molar refractivity (Wildman–Crippen MR) is 70.0 cm³/mol. The second-order valence-electron chi connectivity index (χ2n) is 4.88. The highest BCUT2D eigenvalue weighted by Crippen LogP contribution is 2.20. The van der Waals surface area contributed by atoms with E-state index in [2.05, 4.69) is 31.2 Å². The van der Waals surface area contributed by atoms with Gasteiger partial charge in [0.15, 0.2) is 5.82 Å². The Morgan fingerprint density at radius 1 is 1.39 bits per heavy atom. The molecule has 98 valence electrons. The summed E-state index contributed by atoms with van der Waals surface area (Å²) < 4.78 is 8.00. The summed E-state index contributed by atoms with van der Waals surface area (Å²) in [5.74, 6) is 1.000. The van der Waals surface area contributed by atoms with Crippen LogP contribution in [0, 0.1) is 13.8 Å². The summed E-state index contributed by atoms with van der Waals surface area (Å²) in [4.78, 5) is 4.28. The molecule has 0 spiro atoms. The van der Waals surface area contributed by atoms with Gasteiger partial charge in [-0.05, 0) is 43.6 Å². The Hall–Kier alpha value is -1.21. The molecule has 0 aliphatic rings. The van der Waals surface area contributed by atoms with Gasteiger partial charge in [-0.3, -0.25) is 4.68 Å². The zero-order valence-electron chi connectivity index (χ0n) is 10.9. The van der Waals surface area contributed by atoms with Crippen LogP contribution in [0.1, 0.15) is 37.0 Å². The second-order valence-corrected chi connectivity index (χ2v) is 5.67. The van der Waals surface area contributed by atoms with Gasteiger partial charge in [0.2, 0.25) is 5.89 Å². The molecule has 0 fully saturated rings. The van der Waals surface area contributed by atoms with Gasteiger partial charge < -0.3 is 10.3 Å². The lowest BCUT2D eigenvalue weighted by Gasteiger charge is -2.11. The topological polar surface area (TPSA) is 82.8 Å². The first-order valence-corrected chi connectivity index (χ1v) is 6.40. The lowest BCUT2D eigenvalue weighted by molar-refractivity contribution is 0.350. The lowest BCUT2D eigenvalue weighted by atomic mass is 10.1. The zero-order chi connectivity index (χ0) is 13.5. The first-order valence-electron chi connectivity index (χ1n) is 5.60. The van der Waals surface area contributed by atoms with Gasteiger partial charge in [0.25, 0.3) is 0 Å². The van der Waals surface area contributed by atoms with Crippen LogP contribution in [0.5, 0.6) is 0 Å². The fraction of sp³-hybridized carbons (Fsp3) is 0.545. The molecule has 0 bridgehead atoms. The van der Waals surface area contributed by atoms with Crippen molar-refractivity contribution in [3.63, 3.8) is 0 Å². The summed E-state index contributed by atoms with van der Waals surface area (Å²) in [5, 5.41) is 8.27. The molecule has 18 heavy (non-hydrogen) atoms. The molecule has 0 atom stereocenters. The van der Waals surface area contributed by atoms with Crippen molar-refractivity contribution < 1.29 is 4.52 Å². The minimum atomic E-state index is -0.600. The Morgan fingerprint density at radius 2 is 2.06 bits per heavy atom. The molecule has 6 nitrogen and oxygen atoms in total. The third-order valence-corrected chi connectivity index (χ3v) is 3.77. The van der Waals surface area contributed by atoms with Gasteiger partial charge in [-0.1, -0.05) is 5.16 Å². The minimum absolute atomic E-state index is 0.446. The van der Waals surface area contributed by atoms with Crippen LogP contribution in [0.3, 0.4) is 0 Å². The van der Waals surface area contributed by atoms with E-state index in [0.717, 1.165) is 15.9 Å². The maximum absolute atomic E-state index is 5.91. The third kappa shape index (κ3) is 2.46. The molecule has 2 aromatic rings. The van der Waals surface area contributed by atoms with E-state index < -0.39 is 5.54 Å². The molecule has 0 aliphatic carbocycles. The number of nitrogens with zero attached hydrogens (tertiary/aromatic N) is 4. The van der Waals surface area contributed by atoms with E-state index in [-0.39, 0.29) is 0 Å². The number of nitrogens with two attached hydrogens (primary N) is 1. The Bertz CT molecular complexity index is 566. The van der Waals surface area contributed by atoms with Crippen LogP contribution in [0.2, 0.25) is 0 Å². The van der Waals surface area contributed by atoms with Crippen LogP contribution in [0.15, 0.2) is 9.00 Å². The van der Waals surface area contributed by atoms with Gasteiger partial charge in [0.05, 0.1) is 21.4 Å². The van der Waals surface area contributed by atoms with E-state index in [4.69, 9.17) is 10.3 Å². The highest BCUT2D eigenvalue weighted by Gasteiger charge is 2.22. The first kappa shape index (κ1) is 13.2. The number of hydrogen-bond donors (Lipinski definition) is 1. The SMILES string of the molecule is Cc1nn(Cc2nc(C(C)(C)N)no2)c(C)c1Br. The fourth-order valence-corrected chi connectivity index (χ4v) is 1.82. The largest absolute Gasteiger partial charge is 0.337 e. The van der Waals surface area contributed by atoms with Gasteiger partial charge in [-0.2, -0.15) is 10.1 Å². The van der Waals surface area contributed by atoms with Crippen LogP contribution in [-0.2, 0) is 12.1 Å². The Morgan fingerprint density at radius 3 is 2.50 bits per heavy atom. The van der Waals surface area contributed by atoms with E-state index in [1.54, 1.807) is 0 Å².